The monoisotopic (exact) mass is 269 g/mol. The second-order valence-corrected chi connectivity index (χ2v) is 5.27. The van der Waals surface area contributed by atoms with Gasteiger partial charge in [-0.3, -0.25) is 4.90 Å². The molecule has 2 atom stereocenters. The van der Waals surface area contributed by atoms with Crippen LogP contribution in [-0.4, -0.2) is 40.2 Å². The standard InChI is InChI=1S/C13H20ClN3O/c1-4-11-8-18-10(3)6-17(11)7-13-15-9(2)5-12(14)16-13/h5,10-11H,4,6-8H2,1-3H3. The van der Waals surface area contributed by atoms with Crippen molar-refractivity contribution in [3.8, 4) is 0 Å². The third-order valence-electron chi connectivity index (χ3n) is 3.27. The van der Waals surface area contributed by atoms with Crippen LogP contribution in [0.5, 0.6) is 0 Å². The fraction of sp³-hybridized carbons (Fsp3) is 0.692. The lowest BCUT2D eigenvalue weighted by molar-refractivity contribution is -0.0600. The molecule has 1 aromatic rings. The maximum absolute atomic E-state index is 5.97. The zero-order valence-corrected chi connectivity index (χ0v) is 11.9. The second kappa shape index (κ2) is 5.95. The lowest BCUT2D eigenvalue weighted by atomic mass is 10.1. The molecule has 0 N–H and O–H groups in total. The molecule has 1 saturated heterocycles. The Hall–Kier alpha value is -0.710. The highest BCUT2D eigenvalue weighted by atomic mass is 35.5. The molecule has 100 valence electrons. The van der Waals surface area contributed by atoms with Crippen molar-refractivity contribution in [3.05, 3.63) is 22.7 Å². The molecule has 0 bridgehead atoms. The Kier molecular flexibility index (Phi) is 4.54. The van der Waals surface area contributed by atoms with Crippen LogP contribution in [0.4, 0.5) is 0 Å². The fourth-order valence-corrected chi connectivity index (χ4v) is 2.58. The molecule has 4 nitrogen and oxygen atoms in total. The van der Waals surface area contributed by atoms with Gasteiger partial charge < -0.3 is 4.74 Å². The van der Waals surface area contributed by atoms with Gasteiger partial charge in [-0.2, -0.15) is 0 Å². The minimum Gasteiger partial charge on any atom is -0.376 e. The average Bonchev–Trinajstić information content (AvgIpc) is 2.27. The van der Waals surface area contributed by atoms with Crippen LogP contribution in [0.2, 0.25) is 5.15 Å². The summed E-state index contributed by atoms with van der Waals surface area (Å²) >= 11 is 5.97. The van der Waals surface area contributed by atoms with Gasteiger partial charge in [0.2, 0.25) is 0 Å². The van der Waals surface area contributed by atoms with Crippen molar-refractivity contribution in [2.75, 3.05) is 13.2 Å². The Morgan fingerprint density at radius 1 is 1.50 bits per heavy atom. The number of ether oxygens (including phenoxy) is 1. The number of morpholine rings is 1. The number of halogens is 1. The topological polar surface area (TPSA) is 38.2 Å². The van der Waals surface area contributed by atoms with Crippen LogP contribution in [0.15, 0.2) is 6.07 Å². The van der Waals surface area contributed by atoms with E-state index >= 15 is 0 Å². The highest BCUT2D eigenvalue weighted by Crippen LogP contribution is 2.17. The summed E-state index contributed by atoms with van der Waals surface area (Å²) in [5.41, 5.74) is 0.916. The van der Waals surface area contributed by atoms with E-state index in [2.05, 4.69) is 28.7 Å². The molecule has 0 aromatic carbocycles. The average molecular weight is 270 g/mol. The van der Waals surface area contributed by atoms with E-state index in [0.717, 1.165) is 37.6 Å². The van der Waals surface area contributed by atoms with E-state index in [1.807, 2.05) is 6.92 Å². The number of nitrogens with zero attached hydrogens (tertiary/aromatic N) is 3. The fourth-order valence-electron chi connectivity index (χ4n) is 2.32. The van der Waals surface area contributed by atoms with E-state index in [-0.39, 0.29) is 6.10 Å². The normalized spacial score (nSPS) is 25.3. The minimum absolute atomic E-state index is 0.271. The van der Waals surface area contributed by atoms with Gasteiger partial charge in [-0.1, -0.05) is 18.5 Å². The molecule has 0 aliphatic carbocycles. The van der Waals surface area contributed by atoms with Gasteiger partial charge in [0.1, 0.15) is 11.0 Å². The summed E-state index contributed by atoms with van der Waals surface area (Å²) in [5, 5.41) is 0.520. The van der Waals surface area contributed by atoms with Crippen LogP contribution in [0.1, 0.15) is 31.8 Å². The van der Waals surface area contributed by atoms with Crippen LogP contribution >= 0.6 is 11.6 Å². The molecule has 1 fully saturated rings. The zero-order valence-electron chi connectivity index (χ0n) is 11.2. The molecule has 2 unspecified atom stereocenters. The van der Waals surface area contributed by atoms with Gasteiger partial charge in [0.25, 0.3) is 0 Å². The summed E-state index contributed by atoms with van der Waals surface area (Å²) in [6.07, 6.45) is 1.35. The molecule has 1 aliphatic rings. The van der Waals surface area contributed by atoms with Crippen molar-refractivity contribution < 1.29 is 4.74 Å². The Morgan fingerprint density at radius 3 is 2.94 bits per heavy atom. The lowest BCUT2D eigenvalue weighted by Gasteiger charge is -2.37. The number of aromatic nitrogens is 2. The van der Waals surface area contributed by atoms with Crippen molar-refractivity contribution in [2.24, 2.45) is 0 Å². The molecule has 0 radical (unpaired) electrons. The van der Waals surface area contributed by atoms with Gasteiger partial charge in [-0.15, -0.1) is 0 Å². The highest BCUT2D eigenvalue weighted by Gasteiger charge is 2.26. The number of aryl methyl sites for hydroxylation is 1. The number of hydrogen-bond donors (Lipinski definition) is 0. The largest absolute Gasteiger partial charge is 0.376 e. The molecular weight excluding hydrogens is 250 g/mol. The molecule has 18 heavy (non-hydrogen) atoms. The highest BCUT2D eigenvalue weighted by molar-refractivity contribution is 6.29. The first-order valence-electron chi connectivity index (χ1n) is 6.44. The predicted molar refractivity (Wildman–Crippen MR) is 71.7 cm³/mol. The molecule has 2 rings (SSSR count). The maximum atomic E-state index is 5.97. The van der Waals surface area contributed by atoms with E-state index in [9.17, 15) is 0 Å². The third-order valence-corrected chi connectivity index (χ3v) is 3.46. The Balaban J connectivity index is 2.10. The molecular formula is C13H20ClN3O. The van der Waals surface area contributed by atoms with E-state index in [1.54, 1.807) is 6.07 Å². The van der Waals surface area contributed by atoms with Gasteiger partial charge in [-0.25, -0.2) is 9.97 Å². The predicted octanol–water partition coefficient (Wildman–Crippen LogP) is 2.44. The zero-order chi connectivity index (χ0) is 13.1. The number of hydrogen-bond acceptors (Lipinski definition) is 4. The van der Waals surface area contributed by atoms with Crippen molar-refractivity contribution in [1.82, 2.24) is 14.9 Å². The van der Waals surface area contributed by atoms with Crippen LogP contribution in [-0.2, 0) is 11.3 Å². The van der Waals surface area contributed by atoms with Crippen LogP contribution < -0.4 is 0 Å². The van der Waals surface area contributed by atoms with Gasteiger partial charge >= 0.3 is 0 Å². The molecule has 0 spiro atoms. The molecule has 2 heterocycles. The summed E-state index contributed by atoms with van der Waals surface area (Å²) in [5.74, 6) is 0.799. The summed E-state index contributed by atoms with van der Waals surface area (Å²) < 4.78 is 5.69. The van der Waals surface area contributed by atoms with E-state index < -0.39 is 0 Å². The minimum atomic E-state index is 0.271. The summed E-state index contributed by atoms with van der Waals surface area (Å²) in [7, 11) is 0. The third kappa shape index (κ3) is 3.40. The van der Waals surface area contributed by atoms with Crippen LogP contribution in [0, 0.1) is 6.92 Å². The maximum Gasteiger partial charge on any atom is 0.144 e. The summed E-state index contributed by atoms with van der Waals surface area (Å²) in [4.78, 5) is 11.1. The molecule has 0 saturated carbocycles. The van der Waals surface area contributed by atoms with Crippen molar-refractivity contribution in [1.29, 1.82) is 0 Å². The SMILES string of the molecule is CCC1COC(C)CN1Cc1nc(C)cc(Cl)n1. The summed E-state index contributed by atoms with van der Waals surface area (Å²) in [6, 6.07) is 2.23. The second-order valence-electron chi connectivity index (χ2n) is 4.88. The van der Waals surface area contributed by atoms with Gasteiger partial charge in [0.05, 0.1) is 19.3 Å². The summed E-state index contributed by atoms with van der Waals surface area (Å²) in [6.45, 7) is 8.68. The first-order valence-corrected chi connectivity index (χ1v) is 6.82. The van der Waals surface area contributed by atoms with Crippen LogP contribution in [0.3, 0.4) is 0 Å². The van der Waals surface area contributed by atoms with Crippen molar-refractivity contribution in [3.63, 3.8) is 0 Å². The quantitative estimate of drug-likeness (QED) is 0.790. The molecule has 1 aliphatic heterocycles. The van der Waals surface area contributed by atoms with E-state index in [0.29, 0.717) is 11.2 Å². The smallest absolute Gasteiger partial charge is 0.144 e. The van der Waals surface area contributed by atoms with Gasteiger partial charge in [0, 0.05) is 18.3 Å². The van der Waals surface area contributed by atoms with Gasteiger partial charge in [-0.05, 0) is 26.3 Å². The molecule has 1 aromatic heterocycles. The molecule has 5 heteroatoms. The molecule has 0 amide bonds. The van der Waals surface area contributed by atoms with Gasteiger partial charge in [0.15, 0.2) is 0 Å². The Morgan fingerprint density at radius 2 is 2.28 bits per heavy atom. The Bertz CT molecular complexity index is 393. The van der Waals surface area contributed by atoms with E-state index in [4.69, 9.17) is 16.3 Å². The Labute approximate surface area is 113 Å². The van der Waals surface area contributed by atoms with Crippen molar-refractivity contribution >= 4 is 11.6 Å². The van der Waals surface area contributed by atoms with E-state index in [1.165, 1.54) is 0 Å². The first kappa shape index (κ1) is 13.7. The van der Waals surface area contributed by atoms with Crippen LogP contribution in [0.25, 0.3) is 0 Å². The van der Waals surface area contributed by atoms with Crippen molar-refractivity contribution in [2.45, 2.75) is 45.9 Å². The first-order chi connectivity index (χ1) is 8.58. The lowest BCUT2D eigenvalue weighted by Crippen LogP contribution is -2.48. The number of rotatable bonds is 3.